The van der Waals surface area contributed by atoms with E-state index < -0.39 is 53.7 Å². The molecule has 120 valence electrons. The van der Waals surface area contributed by atoms with Gasteiger partial charge in [0.05, 0.1) is 0 Å². The Morgan fingerprint density at radius 1 is 0.950 bits per heavy atom. The highest BCUT2D eigenvalue weighted by Crippen LogP contribution is 2.40. The second kappa shape index (κ2) is 6.39. The number of carbonyl (C=O) groups excluding carboxylic acids is 1. The summed E-state index contributed by atoms with van der Waals surface area (Å²) in [6, 6.07) is 0. The third-order valence-corrected chi connectivity index (χ3v) is 2.29. The van der Waals surface area contributed by atoms with E-state index in [0.717, 1.165) is 0 Å². The zero-order valence-corrected chi connectivity index (χ0v) is 10.9. The van der Waals surface area contributed by atoms with E-state index in [1.54, 1.807) is 0 Å². The SMILES string of the molecule is O=C(C(C(F)(F)F)C(F)(F)F)N(CCBr)CC(F)(F)F. The first-order valence-electron chi connectivity index (χ1n) is 4.75. The summed E-state index contributed by atoms with van der Waals surface area (Å²) in [5, 5.41) is -0.406. The molecular formula is C8H7BrF9NO. The number of nitrogens with zero attached hydrogens (tertiary/aromatic N) is 1. The molecule has 0 aliphatic carbocycles. The van der Waals surface area contributed by atoms with Crippen molar-refractivity contribution in [1.29, 1.82) is 0 Å². The minimum absolute atomic E-state index is 0.406. The zero-order valence-electron chi connectivity index (χ0n) is 9.33. The third-order valence-electron chi connectivity index (χ3n) is 1.94. The van der Waals surface area contributed by atoms with Crippen LogP contribution in [0.2, 0.25) is 0 Å². The smallest absolute Gasteiger partial charge is 0.332 e. The summed E-state index contributed by atoms with van der Waals surface area (Å²) in [7, 11) is 0. The number of hydrogen-bond donors (Lipinski definition) is 0. The molecule has 1 amide bonds. The van der Waals surface area contributed by atoms with Crippen molar-refractivity contribution in [2.45, 2.75) is 18.5 Å². The van der Waals surface area contributed by atoms with Gasteiger partial charge in [-0.05, 0) is 0 Å². The Labute approximate surface area is 115 Å². The molecule has 0 bridgehead atoms. The molecule has 0 aromatic heterocycles. The van der Waals surface area contributed by atoms with Gasteiger partial charge in [-0.15, -0.1) is 0 Å². The monoisotopic (exact) mass is 383 g/mol. The van der Waals surface area contributed by atoms with Crippen LogP contribution in [0, 0.1) is 5.92 Å². The van der Waals surface area contributed by atoms with Crippen molar-refractivity contribution in [3.05, 3.63) is 0 Å². The minimum atomic E-state index is -6.02. The van der Waals surface area contributed by atoms with Crippen LogP contribution in [-0.2, 0) is 4.79 Å². The maximum atomic E-state index is 12.2. The molecule has 0 aromatic carbocycles. The quantitative estimate of drug-likeness (QED) is 0.537. The first-order valence-corrected chi connectivity index (χ1v) is 5.87. The molecule has 0 fully saturated rings. The molecule has 0 saturated carbocycles. The van der Waals surface area contributed by atoms with Gasteiger partial charge in [0.1, 0.15) is 6.54 Å². The summed E-state index contributed by atoms with van der Waals surface area (Å²) in [5.74, 6) is -7.15. The van der Waals surface area contributed by atoms with Crippen LogP contribution in [0.3, 0.4) is 0 Å². The predicted octanol–water partition coefficient (Wildman–Crippen LogP) is 3.51. The van der Waals surface area contributed by atoms with Crippen molar-refractivity contribution in [2.24, 2.45) is 5.92 Å². The van der Waals surface area contributed by atoms with Crippen LogP contribution in [0.5, 0.6) is 0 Å². The first kappa shape index (κ1) is 19.3. The van der Waals surface area contributed by atoms with Crippen LogP contribution < -0.4 is 0 Å². The van der Waals surface area contributed by atoms with Gasteiger partial charge in [0.15, 0.2) is 0 Å². The highest BCUT2D eigenvalue weighted by Gasteiger charge is 2.62. The lowest BCUT2D eigenvalue weighted by molar-refractivity contribution is -0.279. The highest BCUT2D eigenvalue weighted by molar-refractivity contribution is 9.09. The van der Waals surface area contributed by atoms with Gasteiger partial charge >= 0.3 is 18.5 Å². The molecule has 0 aliphatic heterocycles. The molecule has 0 aliphatic rings. The number of halogens is 10. The number of rotatable bonds is 4. The molecule has 0 atom stereocenters. The van der Waals surface area contributed by atoms with Crippen molar-refractivity contribution < 1.29 is 44.3 Å². The molecule has 0 spiro atoms. The summed E-state index contributed by atoms with van der Waals surface area (Å²) >= 11 is 2.55. The summed E-state index contributed by atoms with van der Waals surface area (Å²) in [6.07, 6.45) is -17.2. The van der Waals surface area contributed by atoms with Crippen LogP contribution >= 0.6 is 15.9 Å². The molecule has 0 rings (SSSR count). The average Bonchev–Trinajstić information content (AvgIpc) is 2.09. The molecule has 0 unspecified atom stereocenters. The predicted molar refractivity (Wildman–Crippen MR) is 52.0 cm³/mol. The summed E-state index contributed by atoms with van der Waals surface area (Å²) in [4.78, 5) is 10.6. The molecule has 2 nitrogen and oxygen atoms in total. The van der Waals surface area contributed by atoms with E-state index >= 15 is 0 Å². The summed E-state index contributed by atoms with van der Waals surface area (Å²) < 4.78 is 110. The number of carbonyl (C=O) groups is 1. The Hall–Kier alpha value is -0.680. The van der Waals surface area contributed by atoms with Crippen molar-refractivity contribution in [3.63, 3.8) is 0 Å². The fourth-order valence-corrected chi connectivity index (χ4v) is 1.66. The largest absolute Gasteiger partial charge is 0.409 e. The molecular weight excluding hydrogens is 377 g/mol. The van der Waals surface area contributed by atoms with Crippen LogP contribution in [0.1, 0.15) is 0 Å². The van der Waals surface area contributed by atoms with Crippen LogP contribution in [-0.4, -0.2) is 47.8 Å². The molecule has 12 heteroatoms. The van der Waals surface area contributed by atoms with E-state index in [2.05, 4.69) is 15.9 Å². The van der Waals surface area contributed by atoms with Gasteiger partial charge < -0.3 is 4.90 Å². The zero-order chi connectivity index (χ0) is 16.4. The lowest BCUT2D eigenvalue weighted by atomic mass is 10.1. The maximum absolute atomic E-state index is 12.2. The third kappa shape index (κ3) is 6.18. The van der Waals surface area contributed by atoms with Gasteiger partial charge in [0.2, 0.25) is 11.8 Å². The normalized spacial score (nSPS) is 13.8. The second-order valence-corrected chi connectivity index (χ2v) is 4.37. The van der Waals surface area contributed by atoms with E-state index in [1.165, 1.54) is 0 Å². The summed E-state index contributed by atoms with van der Waals surface area (Å²) in [5.41, 5.74) is 0. The molecule has 0 N–H and O–H groups in total. The van der Waals surface area contributed by atoms with Crippen molar-refractivity contribution >= 4 is 21.8 Å². The summed E-state index contributed by atoms with van der Waals surface area (Å²) in [6.45, 7) is -3.14. The average molecular weight is 384 g/mol. The molecule has 0 heterocycles. The number of alkyl halides is 10. The maximum Gasteiger partial charge on any atom is 0.409 e. The Morgan fingerprint density at radius 3 is 1.60 bits per heavy atom. The minimum Gasteiger partial charge on any atom is -0.332 e. The van der Waals surface area contributed by atoms with Gasteiger partial charge in [0.25, 0.3) is 0 Å². The van der Waals surface area contributed by atoms with E-state index in [4.69, 9.17) is 0 Å². The lowest BCUT2D eigenvalue weighted by Crippen LogP contribution is -2.52. The standard InChI is InChI=1S/C8H7BrF9NO/c9-1-2-19(3-6(10,11)12)5(20)4(7(13,14)15)8(16,17)18/h4H,1-3H2. The van der Waals surface area contributed by atoms with Crippen LogP contribution in [0.25, 0.3) is 0 Å². The van der Waals surface area contributed by atoms with Crippen molar-refractivity contribution in [1.82, 2.24) is 4.90 Å². The first-order chi connectivity index (χ1) is 8.70. The van der Waals surface area contributed by atoms with Crippen LogP contribution in [0.4, 0.5) is 39.5 Å². The van der Waals surface area contributed by atoms with Crippen LogP contribution in [0.15, 0.2) is 0 Å². The Kier molecular flexibility index (Phi) is 6.18. The van der Waals surface area contributed by atoms with Crippen molar-refractivity contribution in [3.8, 4) is 0 Å². The molecule has 0 saturated heterocycles. The fourth-order valence-electron chi connectivity index (χ4n) is 1.23. The highest BCUT2D eigenvalue weighted by atomic mass is 79.9. The van der Waals surface area contributed by atoms with Gasteiger partial charge in [-0.2, -0.15) is 39.5 Å². The second-order valence-electron chi connectivity index (χ2n) is 3.58. The Bertz CT molecular complexity index is 320. The van der Waals surface area contributed by atoms with Gasteiger partial charge in [-0.3, -0.25) is 4.79 Å². The Morgan fingerprint density at radius 2 is 1.35 bits per heavy atom. The molecule has 0 radical (unpaired) electrons. The topological polar surface area (TPSA) is 20.3 Å². The van der Waals surface area contributed by atoms with E-state index in [9.17, 15) is 44.3 Å². The van der Waals surface area contributed by atoms with E-state index in [-0.39, 0.29) is 0 Å². The molecule has 0 aromatic rings. The van der Waals surface area contributed by atoms with E-state index in [1.807, 2.05) is 0 Å². The van der Waals surface area contributed by atoms with Crippen molar-refractivity contribution in [2.75, 3.05) is 18.4 Å². The molecule has 20 heavy (non-hydrogen) atoms. The fraction of sp³-hybridized carbons (Fsp3) is 0.875. The van der Waals surface area contributed by atoms with Gasteiger partial charge in [-0.1, -0.05) is 15.9 Å². The number of amides is 1. The van der Waals surface area contributed by atoms with Gasteiger partial charge in [-0.25, -0.2) is 0 Å². The lowest BCUT2D eigenvalue weighted by Gasteiger charge is -2.29. The number of hydrogen-bond acceptors (Lipinski definition) is 1. The van der Waals surface area contributed by atoms with Gasteiger partial charge in [0, 0.05) is 11.9 Å². The Balaban J connectivity index is 5.38. The van der Waals surface area contributed by atoms with E-state index in [0.29, 0.717) is 0 Å².